The largest absolute Gasteiger partial charge is 0.480 e. The fourth-order valence-corrected chi connectivity index (χ4v) is 1.99. The Balaban J connectivity index is 2.46. The molecule has 5 heteroatoms. The number of nitrogens with two attached hydrogens (primary N) is 1. The third kappa shape index (κ3) is 1.91. The van der Waals surface area contributed by atoms with Crippen LogP contribution in [0.15, 0.2) is 29.3 Å². The number of rotatable bonds is 4. The second-order valence-corrected chi connectivity index (χ2v) is 4.04. The predicted molar refractivity (Wildman–Crippen MR) is 64.9 cm³/mol. The predicted octanol–water partition coefficient (Wildman–Crippen LogP) is 1.41. The quantitative estimate of drug-likeness (QED) is 0.607. The summed E-state index contributed by atoms with van der Waals surface area (Å²) in [5.41, 5.74) is 7.24. The van der Waals surface area contributed by atoms with Gasteiger partial charge < -0.3 is 15.8 Å². The number of hydrogen-bond donors (Lipinski definition) is 4. The number of aromatic nitrogens is 1. The monoisotopic (exact) mass is 237 g/mol. The Labute approximate surface area is 99.0 Å². The minimum atomic E-state index is -1.03. The van der Waals surface area contributed by atoms with Crippen molar-refractivity contribution in [3.63, 3.8) is 0 Å². The molecule has 0 aliphatic heterocycles. The number of nitrogens with one attached hydrogen (secondary N) is 1. The van der Waals surface area contributed by atoms with E-state index in [1.54, 1.807) is 0 Å². The Morgan fingerprint density at radius 2 is 2.38 bits per heavy atom. The normalized spacial score (nSPS) is 13.7. The fourth-order valence-electron chi connectivity index (χ4n) is 1.69. The summed E-state index contributed by atoms with van der Waals surface area (Å²) in [7, 11) is 0. The van der Waals surface area contributed by atoms with E-state index >= 15 is 0 Å². The maximum absolute atomic E-state index is 10.8. The van der Waals surface area contributed by atoms with E-state index in [9.17, 15) is 4.79 Å². The van der Waals surface area contributed by atoms with Crippen LogP contribution in [-0.2, 0) is 11.2 Å². The lowest BCUT2D eigenvalue weighted by molar-refractivity contribution is -0.138. The molecular weight excluding hydrogens is 224 g/mol. The number of H-pyrrole nitrogens is 1. The summed E-state index contributed by atoms with van der Waals surface area (Å²) in [6.07, 6.45) is 0.223. The molecule has 1 atom stereocenters. The van der Waals surface area contributed by atoms with Crippen molar-refractivity contribution in [2.24, 2.45) is 5.73 Å². The molecular formula is C11H12N2O2S. The molecule has 2 rings (SSSR count). The van der Waals surface area contributed by atoms with Gasteiger partial charge in [-0.25, -0.2) is 0 Å². The van der Waals surface area contributed by atoms with Crippen molar-refractivity contribution in [2.75, 3.05) is 0 Å². The van der Waals surface area contributed by atoms with E-state index in [1.165, 1.54) is 0 Å². The minimum Gasteiger partial charge on any atom is -0.480 e. The number of carboxylic acid groups (broad SMARTS) is 1. The highest BCUT2D eigenvalue weighted by atomic mass is 32.1. The Morgan fingerprint density at radius 1 is 1.62 bits per heavy atom. The van der Waals surface area contributed by atoms with Crippen LogP contribution in [0.3, 0.4) is 0 Å². The van der Waals surface area contributed by atoms with Crippen LogP contribution in [0.25, 0.3) is 10.9 Å². The van der Waals surface area contributed by atoms with E-state index in [4.69, 9.17) is 12.0 Å². The van der Waals surface area contributed by atoms with Crippen LogP contribution >= 0.6 is 12.5 Å². The Bertz CT molecular complexity index is 555. The van der Waals surface area contributed by atoms with Gasteiger partial charge in [-0.2, -0.15) is 0 Å². The highest BCUT2D eigenvalue weighted by Gasteiger charge is 2.17. The summed E-state index contributed by atoms with van der Waals surface area (Å²) in [5, 5.41) is 10.4. The van der Waals surface area contributed by atoms with Gasteiger partial charge in [-0.3, -0.25) is 4.79 Å². The van der Waals surface area contributed by atoms with E-state index in [-0.39, 0.29) is 6.42 Å². The molecule has 0 fully saturated rings. The molecule has 0 amide bonds. The molecule has 0 unspecified atom stereocenters. The Morgan fingerprint density at radius 3 is 3.06 bits per heavy atom. The smallest absolute Gasteiger partial charge is 0.320 e. The van der Waals surface area contributed by atoms with E-state index in [1.807, 2.05) is 24.3 Å². The molecule has 0 saturated carbocycles. The molecule has 0 aliphatic carbocycles. The first-order chi connectivity index (χ1) is 8.13. The van der Waals surface area contributed by atoms with Crippen LogP contribution in [0.1, 0.15) is 5.56 Å². The van der Waals surface area contributed by atoms with Crippen LogP contribution < -0.4 is 5.73 Å². The van der Waals surface area contributed by atoms with Gasteiger partial charge in [0.1, 0.15) is 7.17 Å². The SMILES string of the molecule is [2H]Sc1[nH]c2ccccc2c1C[C@H](N)C(=O)O. The number of carbonyl (C=O) groups is 1. The van der Waals surface area contributed by atoms with E-state index in [2.05, 4.69) is 4.98 Å². The minimum absolute atomic E-state index is 0.223. The molecule has 0 saturated heterocycles. The molecule has 16 heavy (non-hydrogen) atoms. The molecule has 4 N–H and O–H groups in total. The molecule has 0 radical (unpaired) electrons. The molecule has 84 valence electrons. The maximum Gasteiger partial charge on any atom is 0.320 e. The van der Waals surface area contributed by atoms with E-state index in [0.29, 0.717) is 5.03 Å². The average Bonchev–Trinajstić information content (AvgIpc) is 2.67. The van der Waals surface area contributed by atoms with Gasteiger partial charge in [-0.1, -0.05) is 18.2 Å². The van der Waals surface area contributed by atoms with E-state index in [0.717, 1.165) is 29.0 Å². The number of thiol groups is 1. The lowest BCUT2D eigenvalue weighted by atomic mass is 10.1. The number of aliphatic carboxylic acids is 1. The number of carboxylic acids is 1. The second-order valence-electron chi connectivity index (χ2n) is 3.63. The van der Waals surface area contributed by atoms with E-state index < -0.39 is 12.0 Å². The zero-order chi connectivity index (χ0) is 12.4. The Hall–Kier alpha value is -1.46. The van der Waals surface area contributed by atoms with Gasteiger partial charge in [0.25, 0.3) is 0 Å². The van der Waals surface area contributed by atoms with Crippen molar-refractivity contribution in [1.82, 2.24) is 4.98 Å². The van der Waals surface area contributed by atoms with Gasteiger partial charge >= 0.3 is 5.97 Å². The standard InChI is InChI=1S/C11H12N2O2S/c12-8(11(14)15)5-7-6-3-1-2-4-9(6)13-10(7)16/h1-4,8,13,16H,5,12H2,(H,14,15)/t8-/m0/s1/i/hD. The highest BCUT2D eigenvalue weighted by Crippen LogP contribution is 2.25. The first kappa shape index (κ1) is 9.74. The lowest BCUT2D eigenvalue weighted by Gasteiger charge is -2.05. The summed E-state index contributed by atoms with van der Waals surface area (Å²) < 4.78 is 7.37. The van der Waals surface area contributed by atoms with Crippen molar-refractivity contribution >= 4 is 29.4 Å². The van der Waals surface area contributed by atoms with Gasteiger partial charge in [-0.15, -0.1) is 12.5 Å². The third-order valence-corrected chi connectivity index (χ3v) is 2.86. The zero-order valence-electron chi connectivity index (χ0n) is 9.43. The summed E-state index contributed by atoms with van der Waals surface area (Å²) in [4.78, 5) is 13.9. The van der Waals surface area contributed by atoms with Crippen molar-refractivity contribution in [1.29, 1.82) is 1.12 Å². The molecule has 0 aliphatic rings. The number of benzene rings is 1. The van der Waals surface area contributed by atoms with Crippen molar-refractivity contribution in [3.8, 4) is 0 Å². The molecule has 1 aromatic carbocycles. The maximum atomic E-state index is 10.8. The van der Waals surface area contributed by atoms with Crippen LogP contribution in [0.4, 0.5) is 0 Å². The Kier molecular flexibility index (Phi) is 2.55. The molecule has 1 heterocycles. The number of hydrogen-bond acceptors (Lipinski definition) is 3. The van der Waals surface area contributed by atoms with Crippen molar-refractivity contribution in [3.05, 3.63) is 29.8 Å². The van der Waals surface area contributed by atoms with Gasteiger partial charge in [-0.05, 0) is 11.6 Å². The van der Waals surface area contributed by atoms with Crippen LogP contribution in [-0.4, -0.2) is 23.2 Å². The van der Waals surface area contributed by atoms with Crippen LogP contribution in [0.2, 0.25) is 0 Å². The molecule has 2 aromatic rings. The van der Waals surface area contributed by atoms with Crippen molar-refractivity contribution in [2.45, 2.75) is 17.5 Å². The summed E-state index contributed by atoms with van der Waals surface area (Å²) in [5.74, 6) is -1.03. The summed E-state index contributed by atoms with van der Waals surface area (Å²) in [6.45, 7) is 0. The van der Waals surface area contributed by atoms with Gasteiger partial charge in [0.05, 0.1) is 5.03 Å². The molecule has 4 nitrogen and oxygen atoms in total. The van der Waals surface area contributed by atoms with Crippen LogP contribution in [0, 0.1) is 0 Å². The average molecular weight is 237 g/mol. The lowest BCUT2D eigenvalue weighted by Crippen LogP contribution is -2.32. The van der Waals surface area contributed by atoms with Gasteiger partial charge in [0.15, 0.2) is 0 Å². The topological polar surface area (TPSA) is 79.1 Å². The van der Waals surface area contributed by atoms with Gasteiger partial charge in [0.2, 0.25) is 0 Å². The third-order valence-electron chi connectivity index (χ3n) is 2.52. The fraction of sp³-hybridized carbons (Fsp3) is 0.182. The zero-order valence-corrected chi connectivity index (χ0v) is 9.25. The summed E-state index contributed by atoms with van der Waals surface area (Å²) >= 11 is 0.821. The molecule has 1 aromatic heterocycles. The summed E-state index contributed by atoms with van der Waals surface area (Å²) in [6, 6.07) is 6.61. The number of aromatic amines is 1. The van der Waals surface area contributed by atoms with Crippen molar-refractivity contribution < 1.29 is 9.90 Å². The molecule has 0 spiro atoms. The highest BCUT2D eigenvalue weighted by molar-refractivity contribution is 7.80. The second kappa shape index (κ2) is 4.19. The first-order valence-corrected chi connectivity index (χ1v) is 5.25. The molecule has 0 bridgehead atoms. The first-order valence-electron chi connectivity index (χ1n) is 5.25. The van der Waals surface area contributed by atoms with Crippen LogP contribution in [0.5, 0.6) is 0 Å². The van der Waals surface area contributed by atoms with Gasteiger partial charge in [0, 0.05) is 17.3 Å². The number of fused-ring (bicyclic) bond motifs is 1. The number of para-hydroxylation sites is 1.